The molecule has 0 saturated heterocycles. The highest BCUT2D eigenvalue weighted by Gasteiger charge is 2.11. The second-order valence-corrected chi connectivity index (χ2v) is 5.97. The first-order valence-electron chi connectivity index (χ1n) is 5.81. The van der Waals surface area contributed by atoms with Crippen LogP contribution < -0.4 is 0 Å². The van der Waals surface area contributed by atoms with Crippen LogP contribution in [0.3, 0.4) is 0 Å². The van der Waals surface area contributed by atoms with Crippen molar-refractivity contribution in [3.05, 3.63) is 63.0 Å². The zero-order valence-corrected chi connectivity index (χ0v) is 13.2. The molecule has 3 rings (SSSR count). The van der Waals surface area contributed by atoms with E-state index in [0.29, 0.717) is 21.5 Å². The molecule has 0 atom stereocenters. The van der Waals surface area contributed by atoms with Gasteiger partial charge in [-0.25, -0.2) is 0 Å². The number of halogens is 3. The SMILES string of the molecule is Clc1ccc(-c2cc(-c3cccc(Br)c3)on2)c(Cl)c1. The number of nitrogens with zero attached hydrogens (tertiary/aromatic N) is 1. The minimum atomic E-state index is 0.548. The Balaban J connectivity index is 2.02. The lowest BCUT2D eigenvalue weighted by Gasteiger charge is -1.99. The van der Waals surface area contributed by atoms with Crippen molar-refractivity contribution in [3.8, 4) is 22.6 Å². The van der Waals surface area contributed by atoms with Crippen molar-refractivity contribution in [1.82, 2.24) is 5.16 Å². The third-order valence-electron chi connectivity index (χ3n) is 2.83. The number of hydrogen-bond acceptors (Lipinski definition) is 2. The fourth-order valence-corrected chi connectivity index (χ4v) is 2.78. The van der Waals surface area contributed by atoms with E-state index < -0.39 is 0 Å². The topological polar surface area (TPSA) is 26.0 Å². The number of aromatic nitrogens is 1. The summed E-state index contributed by atoms with van der Waals surface area (Å²) < 4.78 is 6.37. The largest absolute Gasteiger partial charge is 0.356 e. The van der Waals surface area contributed by atoms with E-state index in [4.69, 9.17) is 27.7 Å². The molecule has 0 radical (unpaired) electrons. The van der Waals surface area contributed by atoms with Gasteiger partial charge in [0.25, 0.3) is 0 Å². The van der Waals surface area contributed by atoms with E-state index in [1.165, 1.54) is 0 Å². The molecule has 1 heterocycles. The van der Waals surface area contributed by atoms with Crippen LogP contribution in [-0.2, 0) is 0 Å². The average Bonchev–Trinajstić information content (AvgIpc) is 2.88. The van der Waals surface area contributed by atoms with Crippen LogP contribution in [0.1, 0.15) is 0 Å². The fourth-order valence-electron chi connectivity index (χ4n) is 1.88. The first-order chi connectivity index (χ1) is 9.63. The van der Waals surface area contributed by atoms with Crippen molar-refractivity contribution in [1.29, 1.82) is 0 Å². The van der Waals surface area contributed by atoms with Crippen molar-refractivity contribution >= 4 is 39.1 Å². The summed E-state index contributed by atoms with van der Waals surface area (Å²) in [5, 5.41) is 5.21. The van der Waals surface area contributed by atoms with E-state index in [9.17, 15) is 0 Å². The molecule has 0 amide bonds. The van der Waals surface area contributed by atoms with Crippen LogP contribution in [0.15, 0.2) is 57.5 Å². The molecule has 20 heavy (non-hydrogen) atoms. The summed E-state index contributed by atoms with van der Waals surface area (Å²) in [5.74, 6) is 0.687. The molecule has 0 aliphatic rings. The van der Waals surface area contributed by atoms with Gasteiger partial charge in [0.15, 0.2) is 5.76 Å². The standard InChI is InChI=1S/C15H8BrCl2NO/c16-10-3-1-2-9(6-10)15-8-14(19-20-15)12-5-4-11(17)7-13(12)18/h1-8H. The van der Waals surface area contributed by atoms with Crippen LogP contribution in [0.25, 0.3) is 22.6 Å². The molecule has 0 aliphatic heterocycles. The van der Waals surface area contributed by atoms with Crippen molar-refractivity contribution in [2.45, 2.75) is 0 Å². The van der Waals surface area contributed by atoms with Crippen LogP contribution in [0, 0.1) is 0 Å². The Kier molecular flexibility index (Phi) is 3.83. The maximum Gasteiger partial charge on any atom is 0.167 e. The summed E-state index contributed by atoms with van der Waals surface area (Å²) in [5.41, 5.74) is 2.42. The van der Waals surface area contributed by atoms with Gasteiger partial charge in [-0.3, -0.25) is 0 Å². The molecule has 0 N–H and O–H groups in total. The molecule has 3 aromatic rings. The summed E-state index contributed by atoms with van der Waals surface area (Å²) in [6.45, 7) is 0. The van der Waals surface area contributed by atoms with Crippen molar-refractivity contribution in [2.24, 2.45) is 0 Å². The average molecular weight is 369 g/mol. The molecule has 0 saturated carbocycles. The summed E-state index contributed by atoms with van der Waals surface area (Å²) in [6, 6.07) is 15.0. The zero-order chi connectivity index (χ0) is 14.1. The zero-order valence-electron chi connectivity index (χ0n) is 10.1. The number of hydrogen-bond donors (Lipinski definition) is 0. The molecule has 0 unspecified atom stereocenters. The Hall–Kier alpha value is -1.29. The van der Waals surface area contributed by atoms with Gasteiger partial charge >= 0.3 is 0 Å². The number of rotatable bonds is 2. The lowest BCUT2D eigenvalue weighted by atomic mass is 10.1. The first-order valence-corrected chi connectivity index (χ1v) is 7.36. The van der Waals surface area contributed by atoms with Gasteiger partial charge in [-0.2, -0.15) is 0 Å². The van der Waals surface area contributed by atoms with Crippen molar-refractivity contribution < 1.29 is 4.52 Å². The maximum atomic E-state index is 6.17. The second kappa shape index (κ2) is 5.60. The molecule has 5 heteroatoms. The molecule has 2 aromatic carbocycles. The van der Waals surface area contributed by atoms with Gasteiger partial charge in [-0.05, 0) is 30.3 Å². The molecule has 2 nitrogen and oxygen atoms in total. The van der Waals surface area contributed by atoms with Crippen LogP contribution >= 0.6 is 39.1 Å². The van der Waals surface area contributed by atoms with E-state index >= 15 is 0 Å². The highest BCUT2D eigenvalue weighted by Crippen LogP contribution is 2.32. The second-order valence-electron chi connectivity index (χ2n) is 4.21. The van der Waals surface area contributed by atoms with E-state index in [2.05, 4.69) is 21.1 Å². The third-order valence-corrected chi connectivity index (χ3v) is 3.87. The fraction of sp³-hybridized carbons (Fsp3) is 0. The van der Waals surface area contributed by atoms with Crippen LogP contribution in [0.2, 0.25) is 10.0 Å². The molecular formula is C15H8BrCl2NO. The highest BCUT2D eigenvalue weighted by molar-refractivity contribution is 9.10. The summed E-state index contributed by atoms with van der Waals surface area (Å²) in [7, 11) is 0. The molecule has 0 spiro atoms. The van der Waals surface area contributed by atoms with Crippen LogP contribution in [0.4, 0.5) is 0 Å². The van der Waals surface area contributed by atoms with Gasteiger partial charge in [0.2, 0.25) is 0 Å². The lowest BCUT2D eigenvalue weighted by molar-refractivity contribution is 0.435. The van der Waals surface area contributed by atoms with E-state index in [1.807, 2.05) is 36.4 Å². The van der Waals surface area contributed by atoms with Crippen molar-refractivity contribution in [3.63, 3.8) is 0 Å². The summed E-state index contributed by atoms with van der Waals surface area (Å²) >= 11 is 15.5. The molecular weight excluding hydrogens is 361 g/mol. The Labute approximate surface area is 134 Å². The van der Waals surface area contributed by atoms with E-state index in [1.54, 1.807) is 12.1 Å². The van der Waals surface area contributed by atoms with Gasteiger partial charge in [-0.15, -0.1) is 0 Å². The molecule has 0 bridgehead atoms. The summed E-state index contributed by atoms with van der Waals surface area (Å²) in [6.07, 6.45) is 0. The predicted octanol–water partition coefficient (Wildman–Crippen LogP) is 6.08. The highest BCUT2D eigenvalue weighted by atomic mass is 79.9. The lowest BCUT2D eigenvalue weighted by Crippen LogP contribution is -1.78. The van der Waals surface area contributed by atoms with Gasteiger partial charge in [0, 0.05) is 26.7 Å². The Morgan fingerprint density at radius 3 is 2.60 bits per heavy atom. The molecule has 0 aliphatic carbocycles. The van der Waals surface area contributed by atoms with Gasteiger partial charge in [-0.1, -0.05) is 56.4 Å². The number of benzene rings is 2. The Bertz CT molecular complexity index is 770. The summed E-state index contributed by atoms with van der Waals surface area (Å²) in [4.78, 5) is 0. The quantitative estimate of drug-likeness (QED) is 0.547. The molecule has 100 valence electrons. The molecule has 0 fully saturated rings. The minimum absolute atomic E-state index is 0.548. The maximum absolute atomic E-state index is 6.17. The van der Waals surface area contributed by atoms with E-state index in [-0.39, 0.29) is 0 Å². The van der Waals surface area contributed by atoms with Gasteiger partial charge in [0.1, 0.15) is 5.69 Å². The molecule has 1 aromatic heterocycles. The van der Waals surface area contributed by atoms with Crippen LogP contribution in [-0.4, -0.2) is 5.16 Å². The van der Waals surface area contributed by atoms with Gasteiger partial charge < -0.3 is 4.52 Å². The first kappa shape index (κ1) is 13.7. The van der Waals surface area contributed by atoms with Crippen molar-refractivity contribution in [2.75, 3.05) is 0 Å². The Morgan fingerprint density at radius 1 is 1.00 bits per heavy atom. The smallest absolute Gasteiger partial charge is 0.167 e. The Morgan fingerprint density at radius 2 is 1.85 bits per heavy atom. The van der Waals surface area contributed by atoms with Gasteiger partial charge in [0.05, 0.1) is 5.02 Å². The third kappa shape index (κ3) is 2.75. The predicted molar refractivity (Wildman–Crippen MR) is 85.1 cm³/mol. The normalized spacial score (nSPS) is 10.8. The minimum Gasteiger partial charge on any atom is -0.356 e. The van der Waals surface area contributed by atoms with E-state index in [0.717, 1.165) is 15.6 Å². The van der Waals surface area contributed by atoms with Crippen LogP contribution in [0.5, 0.6) is 0 Å². The monoisotopic (exact) mass is 367 g/mol.